The predicted molar refractivity (Wildman–Crippen MR) is 101 cm³/mol. The van der Waals surface area contributed by atoms with E-state index in [0.717, 1.165) is 17.4 Å². The Kier molecular flexibility index (Phi) is 5.65. The number of aromatic hydroxyl groups is 1. The summed E-state index contributed by atoms with van der Waals surface area (Å²) in [6.45, 7) is 3.06. The molecule has 0 fully saturated rings. The van der Waals surface area contributed by atoms with Crippen molar-refractivity contribution < 1.29 is 10.2 Å². The van der Waals surface area contributed by atoms with E-state index >= 15 is 0 Å². The van der Waals surface area contributed by atoms with E-state index in [9.17, 15) is 15.0 Å². The molecule has 2 unspecified atom stereocenters. The van der Waals surface area contributed by atoms with E-state index in [1.807, 2.05) is 31.2 Å². The molecule has 0 aliphatic rings. The molecule has 0 spiro atoms. The normalized spacial score (nSPS) is 13.6. The van der Waals surface area contributed by atoms with Crippen molar-refractivity contribution in [2.75, 3.05) is 6.54 Å². The highest BCUT2D eigenvalue weighted by Gasteiger charge is 2.15. The zero-order chi connectivity index (χ0) is 18.5. The number of aliphatic hydroxyl groups is 1. The molecule has 3 aromatic rings. The Balaban J connectivity index is 1.53. The summed E-state index contributed by atoms with van der Waals surface area (Å²) in [6.07, 6.45) is 1.76. The first-order valence-electron chi connectivity index (χ1n) is 8.71. The van der Waals surface area contributed by atoms with Crippen LogP contribution in [-0.4, -0.2) is 32.6 Å². The molecule has 0 radical (unpaired) electrons. The van der Waals surface area contributed by atoms with Gasteiger partial charge in [0.2, 0.25) is 0 Å². The quantitative estimate of drug-likeness (QED) is 0.567. The number of hydrogen-bond donors (Lipinski definition) is 3. The summed E-state index contributed by atoms with van der Waals surface area (Å²) < 4.78 is 1.48. The lowest BCUT2D eigenvalue weighted by atomic mass is 10.0. The lowest BCUT2D eigenvalue weighted by molar-refractivity contribution is 0.135. The molecule has 1 aromatic heterocycles. The molecular weight excluding hydrogens is 330 g/mol. The van der Waals surface area contributed by atoms with E-state index in [1.165, 1.54) is 4.68 Å². The fraction of sp³-hybridized carbons (Fsp3) is 0.300. The van der Waals surface area contributed by atoms with Gasteiger partial charge in [0, 0.05) is 18.0 Å². The summed E-state index contributed by atoms with van der Waals surface area (Å²) in [5.74, 6) is 0.176. The van der Waals surface area contributed by atoms with Crippen LogP contribution in [0.4, 0.5) is 0 Å². The SMILES string of the molecule is CC(NCCCn1ncc2ccccc2c1=O)C(O)c1ccc(O)cc1. The lowest BCUT2D eigenvalue weighted by Crippen LogP contribution is -2.34. The van der Waals surface area contributed by atoms with Crippen molar-refractivity contribution in [1.82, 2.24) is 15.1 Å². The van der Waals surface area contributed by atoms with Gasteiger partial charge in [-0.2, -0.15) is 5.10 Å². The summed E-state index contributed by atoms with van der Waals surface area (Å²) in [6, 6.07) is 13.8. The maximum atomic E-state index is 12.4. The van der Waals surface area contributed by atoms with Crippen LogP contribution in [0.2, 0.25) is 0 Å². The predicted octanol–water partition coefficient (Wildman–Crippen LogP) is 2.20. The molecule has 136 valence electrons. The molecule has 3 rings (SSSR count). The Hall–Kier alpha value is -2.70. The van der Waals surface area contributed by atoms with Crippen LogP contribution >= 0.6 is 0 Å². The average molecular weight is 353 g/mol. The van der Waals surface area contributed by atoms with Gasteiger partial charge in [0.15, 0.2) is 0 Å². The molecule has 3 N–H and O–H groups in total. The van der Waals surface area contributed by atoms with E-state index in [4.69, 9.17) is 0 Å². The highest BCUT2D eigenvalue weighted by atomic mass is 16.3. The molecule has 6 heteroatoms. The van der Waals surface area contributed by atoms with Crippen LogP contribution in [0.5, 0.6) is 5.75 Å². The minimum Gasteiger partial charge on any atom is -0.508 e. The van der Waals surface area contributed by atoms with Crippen LogP contribution < -0.4 is 10.9 Å². The molecule has 0 aliphatic carbocycles. The highest BCUT2D eigenvalue weighted by Crippen LogP contribution is 2.19. The topological polar surface area (TPSA) is 87.4 Å². The molecule has 0 saturated carbocycles. The first kappa shape index (κ1) is 18.1. The van der Waals surface area contributed by atoms with Gasteiger partial charge in [-0.15, -0.1) is 0 Å². The van der Waals surface area contributed by atoms with E-state index in [2.05, 4.69) is 10.4 Å². The van der Waals surface area contributed by atoms with E-state index in [0.29, 0.717) is 18.5 Å². The van der Waals surface area contributed by atoms with Crippen LogP contribution in [0.25, 0.3) is 10.8 Å². The Labute approximate surface area is 151 Å². The monoisotopic (exact) mass is 353 g/mol. The van der Waals surface area contributed by atoms with Gasteiger partial charge in [-0.3, -0.25) is 4.79 Å². The zero-order valence-corrected chi connectivity index (χ0v) is 14.7. The van der Waals surface area contributed by atoms with Crippen molar-refractivity contribution in [1.29, 1.82) is 0 Å². The van der Waals surface area contributed by atoms with Crippen molar-refractivity contribution in [3.05, 3.63) is 70.6 Å². The van der Waals surface area contributed by atoms with Crippen LogP contribution in [-0.2, 0) is 6.54 Å². The van der Waals surface area contributed by atoms with Crippen molar-refractivity contribution in [3.8, 4) is 5.75 Å². The second-order valence-electron chi connectivity index (χ2n) is 6.39. The molecule has 2 atom stereocenters. The molecule has 6 nitrogen and oxygen atoms in total. The number of benzene rings is 2. The van der Waals surface area contributed by atoms with Crippen LogP contribution in [0.1, 0.15) is 25.0 Å². The molecule has 0 amide bonds. The Bertz CT molecular complexity index is 921. The number of fused-ring (bicyclic) bond motifs is 1. The summed E-state index contributed by atoms with van der Waals surface area (Å²) in [5.41, 5.74) is 0.662. The van der Waals surface area contributed by atoms with Gasteiger partial charge < -0.3 is 15.5 Å². The number of aliphatic hydroxyl groups excluding tert-OH is 1. The average Bonchev–Trinajstić information content (AvgIpc) is 2.67. The molecule has 0 aliphatic heterocycles. The van der Waals surface area contributed by atoms with Gasteiger partial charge in [-0.25, -0.2) is 4.68 Å². The molecule has 26 heavy (non-hydrogen) atoms. The third kappa shape index (κ3) is 4.09. The number of rotatable bonds is 7. The molecule has 2 aromatic carbocycles. The van der Waals surface area contributed by atoms with Gasteiger partial charge in [-0.1, -0.05) is 30.3 Å². The molecule has 0 bridgehead atoms. The van der Waals surface area contributed by atoms with Crippen molar-refractivity contribution in [2.24, 2.45) is 0 Å². The maximum Gasteiger partial charge on any atom is 0.274 e. The summed E-state index contributed by atoms with van der Waals surface area (Å²) in [7, 11) is 0. The number of aromatic nitrogens is 2. The minimum absolute atomic E-state index is 0.0831. The number of hydrogen-bond acceptors (Lipinski definition) is 5. The molecular formula is C20H23N3O3. The van der Waals surface area contributed by atoms with Crippen LogP contribution in [0.15, 0.2) is 59.5 Å². The minimum atomic E-state index is -0.669. The summed E-state index contributed by atoms with van der Waals surface area (Å²) in [5, 5.41) is 28.7. The largest absolute Gasteiger partial charge is 0.508 e. The zero-order valence-electron chi connectivity index (χ0n) is 14.7. The number of nitrogens with zero attached hydrogens (tertiary/aromatic N) is 2. The Morgan fingerprint density at radius 3 is 2.65 bits per heavy atom. The van der Waals surface area contributed by atoms with Gasteiger partial charge >= 0.3 is 0 Å². The first-order chi connectivity index (χ1) is 12.6. The van der Waals surface area contributed by atoms with Crippen LogP contribution in [0, 0.1) is 0 Å². The van der Waals surface area contributed by atoms with Crippen molar-refractivity contribution in [2.45, 2.75) is 32.0 Å². The van der Waals surface area contributed by atoms with E-state index in [-0.39, 0.29) is 17.4 Å². The van der Waals surface area contributed by atoms with Crippen LogP contribution in [0.3, 0.4) is 0 Å². The lowest BCUT2D eigenvalue weighted by Gasteiger charge is -2.20. The number of nitrogens with one attached hydrogen (secondary N) is 1. The number of aryl methyl sites for hydroxylation is 1. The first-order valence-corrected chi connectivity index (χ1v) is 8.71. The van der Waals surface area contributed by atoms with Gasteiger partial charge in [-0.05, 0) is 43.7 Å². The van der Waals surface area contributed by atoms with Crippen molar-refractivity contribution >= 4 is 10.8 Å². The highest BCUT2D eigenvalue weighted by molar-refractivity contribution is 5.80. The Morgan fingerprint density at radius 1 is 1.15 bits per heavy atom. The van der Waals surface area contributed by atoms with Gasteiger partial charge in [0.1, 0.15) is 5.75 Å². The molecule has 1 heterocycles. The standard InChI is InChI=1S/C20H23N3O3/c1-14(19(25)15-7-9-17(24)10-8-15)21-11-4-12-23-20(26)18-6-3-2-5-16(18)13-22-23/h2-3,5-10,13-14,19,21,24-25H,4,11-12H2,1H3. The van der Waals surface area contributed by atoms with Gasteiger partial charge in [0.05, 0.1) is 17.7 Å². The third-order valence-corrected chi connectivity index (χ3v) is 4.48. The molecule has 0 saturated heterocycles. The summed E-state index contributed by atoms with van der Waals surface area (Å²) >= 11 is 0. The fourth-order valence-corrected chi connectivity index (χ4v) is 2.92. The fourth-order valence-electron chi connectivity index (χ4n) is 2.92. The van der Waals surface area contributed by atoms with Gasteiger partial charge in [0.25, 0.3) is 5.56 Å². The second kappa shape index (κ2) is 8.12. The third-order valence-electron chi connectivity index (χ3n) is 4.48. The number of phenolic OH excluding ortho intramolecular Hbond substituents is 1. The van der Waals surface area contributed by atoms with Crippen molar-refractivity contribution in [3.63, 3.8) is 0 Å². The van der Waals surface area contributed by atoms with E-state index < -0.39 is 6.10 Å². The second-order valence-corrected chi connectivity index (χ2v) is 6.39. The smallest absolute Gasteiger partial charge is 0.274 e. The maximum absolute atomic E-state index is 12.4. The Morgan fingerprint density at radius 2 is 1.88 bits per heavy atom. The summed E-state index contributed by atoms with van der Waals surface area (Å²) in [4.78, 5) is 12.4. The number of phenols is 1. The van der Waals surface area contributed by atoms with E-state index in [1.54, 1.807) is 30.5 Å².